The van der Waals surface area contributed by atoms with Gasteiger partial charge in [0.1, 0.15) is 5.15 Å². The van der Waals surface area contributed by atoms with Crippen molar-refractivity contribution in [2.45, 2.75) is 6.92 Å². The monoisotopic (exact) mass is 241 g/mol. The number of nitrogens with zero attached hydrogens (tertiary/aromatic N) is 1. The molecule has 2 amide bonds. The molecular weight excluding hydrogens is 230 g/mol. The van der Waals surface area contributed by atoms with Crippen molar-refractivity contribution >= 4 is 23.4 Å². The van der Waals surface area contributed by atoms with E-state index in [2.05, 4.69) is 15.6 Å². The van der Waals surface area contributed by atoms with Crippen LogP contribution in [0.5, 0.6) is 0 Å². The first-order valence-electron chi connectivity index (χ1n) is 4.74. The molecular formula is C10H12ClN3O2. The fourth-order valence-corrected chi connectivity index (χ4v) is 1.14. The van der Waals surface area contributed by atoms with E-state index < -0.39 is 0 Å². The highest BCUT2D eigenvalue weighted by molar-refractivity contribution is 6.29. The number of nitrogens with one attached hydrogen (secondary N) is 2. The van der Waals surface area contributed by atoms with E-state index in [4.69, 9.17) is 11.6 Å². The van der Waals surface area contributed by atoms with E-state index in [1.165, 1.54) is 13.1 Å². The van der Waals surface area contributed by atoms with Crippen LogP contribution < -0.4 is 10.6 Å². The smallest absolute Gasteiger partial charge is 0.252 e. The molecule has 0 aliphatic carbocycles. The van der Waals surface area contributed by atoms with Gasteiger partial charge in [-0.1, -0.05) is 11.6 Å². The number of hydrogen-bond donors (Lipinski definition) is 2. The molecule has 0 aliphatic heterocycles. The second kappa shape index (κ2) is 6.07. The number of rotatable bonds is 4. The van der Waals surface area contributed by atoms with E-state index in [1.54, 1.807) is 12.1 Å². The van der Waals surface area contributed by atoms with Crippen LogP contribution in [0.4, 0.5) is 0 Å². The Labute approximate surface area is 98.2 Å². The molecule has 5 nitrogen and oxygen atoms in total. The normalized spacial score (nSPS) is 9.62. The number of pyridine rings is 1. The molecule has 0 radical (unpaired) electrons. The molecule has 2 N–H and O–H groups in total. The van der Waals surface area contributed by atoms with Gasteiger partial charge in [-0.05, 0) is 12.1 Å². The Kier molecular flexibility index (Phi) is 4.72. The van der Waals surface area contributed by atoms with E-state index in [9.17, 15) is 9.59 Å². The zero-order valence-corrected chi connectivity index (χ0v) is 9.54. The molecule has 0 spiro atoms. The zero-order valence-electron chi connectivity index (χ0n) is 8.79. The predicted octanol–water partition coefficient (Wildman–Crippen LogP) is 0.601. The molecule has 86 valence electrons. The fraction of sp³-hybridized carbons (Fsp3) is 0.300. The molecule has 1 aromatic heterocycles. The standard InChI is InChI=1S/C10H12ClN3O2/c1-7(15)12-4-5-13-10(16)8-2-3-9(11)14-6-8/h2-3,6H,4-5H2,1H3,(H,12,15)(H,13,16). The molecule has 0 unspecified atom stereocenters. The maximum Gasteiger partial charge on any atom is 0.252 e. The molecule has 1 rings (SSSR count). The SMILES string of the molecule is CC(=O)NCCNC(=O)c1ccc(Cl)nc1. The lowest BCUT2D eigenvalue weighted by Crippen LogP contribution is -2.33. The first-order chi connectivity index (χ1) is 7.59. The molecule has 6 heteroatoms. The Morgan fingerprint density at radius 2 is 2.00 bits per heavy atom. The van der Waals surface area contributed by atoms with Gasteiger partial charge in [0.05, 0.1) is 5.56 Å². The topological polar surface area (TPSA) is 71.1 Å². The van der Waals surface area contributed by atoms with Gasteiger partial charge in [-0.25, -0.2) is 4.98 Å². The molecule has 0 saturated heterocycles. The van der Waals surface area contributed by atoms with Crippen molar-refractivity contribution in [1.82, 2.24) is 15.6 Å². The van der Waals surface area contributed by atoms with Gasteiger partial charge in [0, 0.05) is 26.2 Å². The van der Waals surface area contributed by atoms with E-state index in [1.807, 2.05) is 0 Å². The second-order valence-corrected chi connectivity index (χ2v) is 3.50. The van der Waals surface area contributed by atoms with Gasteiger partial charge in [0.25, 0.3) is 5.91 Å². The van der Waals surface area contributed by atoms with Gasteiger partial charge >= 0.3 is 0 Å². The van der Waals surface area contributed by atoms with Crippen LogP contribution in [0.3, 0.4) is 0 Å². The Morgan fingerprint density at radius 3 is 2.56 bits per heavy atom. The van der Waals surface area contributed by atoms with Gasteiger partial charge in [0.15, 0.2) is 0 Å². The van der Waals surface area contributed by atoms with E-state index in [0.717, 1.165) is 0 Å². The largest absolute Gasteiger partial charge is 0.355 e. The summed E-state index contributed by atoms with van der Waals surface area (Å²) in [6.45, 7) is 2.20. The first-order valence-corrected chi connectivity index (χ1v) is 5.11. The lowest BCUT2D eigenvalue weighted by molar-refractivity contribution is -0.118. The number of hydrogen-bond acceptors (Lipinski definition) is 3. The molecule has 0 bridgehead atoms. The quantitative estimate of drug-likeness (QED) is 0.599. The van der Waals surface area contributed by atoms with Gasteiger partial charge in [-0.2, -0.15) is 0 Å². The minimum absolute atomic E-state index is 0.123. The third-order valence-corrected chi connectivity index (χ3v) is 2.00. The van der Waals surface area contributed by atoms with E-state index in [-0.39, 0.29) is 11.8 Å². The summed E-state index contributed by atoms with van der Waals surface area (Å²) >= 11 is 5.59. The summed E-state index contributed by atoms with van der Waals surface area (Å²) < 4.78 is 0. The van der Waals surface area contributed by atoms with Crippen LogP contribution in [0.2, 0.25) is 5.15 Å². The van der Waals surface area contributed by atoms with Gasteiger partial charge in [-0.3, -0.25) is 9.59 Å². The minimum atomic E-state index is -0.241. The molecule has 0 atom stereocenters. The lowest BCUT2D eigenvalue weighted by atomic mass is 10.3. The third kappa shape index (κ3) is 4.27. The van der Waals surface area contributed by atoms with Crippen LogP contribution in [-0.2, 0) is 4.79 Å². The van der Waals surface area contributed by atoms with Crippen molar-refractivity contribution in [3.05, 3.63) is 29.0 Å². The van der Waals surface area contributed by atoms with Crippen LogP contribution in [0.15, 0.2) is 18.3 Å². The summed E-state index contributed by atoms with van der Waals surface area (Å²) in [7, 11) is 0. The summed E-state index contributed by atoms with van der Waals surface area (Å²) in [6, 6.07) is 3.13. The Balaban J connectivity index is 2.35. The van der Waals surface area contributed by atoms with Crippen molar-refractivity contribution in [2.24, 2.45) is 0 Å². The summed E-state index contributed by atoms with van der Waals surface area (Å²) in [5.74, 6) is -0.364. The number of carbonyl (C=O) groups excluding carboxylic acids is 2. The Hall–Kier alpha value is -1.62. The molecule has 1 heterocycles. The summed E-state index contributed by atoms with van der Waals surface area (Å²) in [6.07, 6.45) is 1.40. The molecule has 0 fully saturated rings. The van der Waals surface area contributed by atoms with Crippen molar-refractivity contribution < 1.29 is 9.59 Å². The van der Waals surface area contributed by atoms with Crippen LogP contribution in [-0.4, -0.2) is 29.9 Å². The Bertz CT molecular complexity index is 378. The highest BCUT2D eigenvalue weighted by Gasteiger charge is 2.04. The predicted molar refractivity (Wildman–Crippen MR) is 60.3 cm³/mol. The van der Waals surface area contributed by atoms with Crippen LogP contribution in [0.25, 0.3) is 0 Å². The fourth-order valence-electron chi connectivity index (χ4n) is 1.03. The van der Waals surface area contributed by atoms with Crippen molar-refractivity contribution in [1.29, 1.82) is 0 Å². The highest BCUT2D eigenvalue weighted by Crippen LogP contribution is 2.04. The van der Waals surface area contributed by atoms with Gasteiger partial charge in [0.2, 0.25) is 5.91 Å². The number of halogens is 1. The maximum absolute atomic E-state index is 11.5. The summed E-state index contributed by atoms with van der Waals surface area (Å²) in [5.41, 5.74) is 0.437. The number of carbonyl (C=O) groups is 2. The Morgan fingerprint density at radius 1 is 1.31 bits per heavy atom. The molecule has 0 saturated carbocycles. The maximum atomic E-state index is 11.5. The molecule has 16 heavy (non-hydrogen) atoms. The summed E-state index contributed by atoms with van der Waals surface area (Å²) in [5, 5.41) is 5.55. The lowest BCUT2D eigenvalue weighted by Gasteiger charge is -2.05. The van der Waals surface area contributed by atoms with Crippen molar-refractivity contribution in [2.75, 3.05) is 13.1 Å². The first kappa shape index (κ1) is 12.4. The van der Waals surface area contributed by atoms with Gasteiger partial charge < -0.3 is 10.6 Å². The van der Waals surface area contributed by atoms with Crippen LogP contribution in [0, 0.1) is 0 Å². The molecule has 1 aromatic rings. The summed E-state index contributed by atoms with van der Waals surface area (Å²) in [4.78, 5) is 25.8. The third-order valence-electron chi connectivity index (χ3n) is 1.77. The zero-order chi connectivity index (χ0) is 12.0. The minimum Gasteiger partial charge on any atom is -0.355 e. The second-order valence-electron chi connectivity index (χ2n) is 3.11. The average Bonchev–Trinajstić information content (AvgIpc) is 2.25. The average molecular weight is 242 g/mol. The number of aromatic nitrogens is 1. The highest BCUT2D eigenvalue weighted by atomic mass is 35.5. The number of amides is 2. The van der Waals surface area contributed by atoms with E-state index >= 15 is 0 Å². The van der Waals surface area contributed by atoms with Gasteiger partial charge in [-0.15, -0.1) is 0 Å². The van der Waals surface area contributed by atoms with Crippen LogP contribution >= 0.6 is 11.6 Å². The van der Waals surface area contributed by atoms with Crippen molar-refractivity contribution in [3.63, 3.8) is 0 Å². The molecule has 0 aromatic carbocycles. The van der Waals surface area contributed by atoms with Crippen LogP contribution in [0.1, 0.15) is 17.3 Å². The van der Waals surface area contributed by atoms with Crippen molar-refractivity contribution in [3.8, 4) is 0 Å². The van der Waals surface area contributed by atoms with E-state index in [0.29, 0.717) is 23.8 Å². The molecule has 0 aliphatic rings.